The molecule has 1 N–H and O–H groups in total. The third-order valence-electron chi connectivity index (χ3n) is 7.21. The van der Waals surface area contributed by atoms with Crippen LogP contribution in [0.2, 0.25) is 0 Å². The molecule has 0 radical (unpaired) electrons. The SMILES string of the molecule is C/C=C1\C(=N)N(CC2CCCCC2)C=C1C1CCN(C(=O)C2=CC=C(F)CC2)CC1. The van der Waals surface area contributed by atoms with Gasteiger partial charge in [0.2, 0.25) is 5.91 Å². The molecule has 5 heteroatoms. The summed E-state index contributed by atoms with van der Waals surface area (Å²) in [5, 5.41) is 8.69. The normalized spacial score (nSPS) is 25.5. The van der Waals surface area contributed by atoms with Gasteiger partial charge in [0.1, 0.15) is 11.7 Å². The van der Waals surface area contributed by atoms with Crippen LogP contribution in [0.25, 0.3) is 0 Å². The molecule has 2 fully saturated rings. The molecule has 0 atom stereocenters. The molecule has 162 valence electrons. The van der Waals surface area contributed by atoms with Gasteiger partial charge >= 0.3 is 0 Å². The quantitative estimate of drug-likeness (QED) is 0.664. The number of amidine groups is 1. The molecule has 30 heavy (non-hydrogen) atoms. The van der Waals surface area contributed by atoms with Crippen molar-refractivity contribution in [3.05, 3.63) is 47.0 Å². The molecular weight excluding hydrogens is 377 g/mol. The van der Waals surface area contributed by atoms with E-state index in [0.29, 0.717) is 30.5 Å². The number of rotatable bonds is 4. The van der Waals surface area contributed by atoms with Gasteiger partial charge in [-0.2, -0.15) is 0 Å². The zero-order valence-corrected chi connectivity index (χ0v) is 18.1. The van der Waals surface area contributed by atoms with E-state index in [1.807, 2.05) is 11.8 Å². The molecule has 0 aromatic heterocycles. The maximum Gasteiger partial charge on any atom is 0.249 e. The number of hydrogen-bond acceptors (Lipinski definition) is 2. The van der Waals surface area contributed by atoms with Gasteiger partial charge in [-0.25, -0.2) is 4.39 Å². The molecular formula is C25H34FN3O. The van der Waals surface area contributed by atoms with Crippen molar-refractivity contribution in [1.29, 1.82) is 5.41 Å². The van der Waals surface area contributed by atoms with Crippen molar-refractivity contribution in [3.63, 3.8) is 0 Å². The topological polar surface area (TPSA) is 47.4 Å². The fourth-order valence-electron chi connectivity index (χ4n) is 5.40. The summed E-state index contributed by atoms with van der Waals surface area (Å²) in [5.41, 5.74) is 3.09. The Morgan fingerprint density at radius 2 is 1.87 bits per heavy atom. The summed E-state index contributed by atoms with van der Waals surface area (Å²) in [5.74, 6) is 1.68. The number of allylic oxidation sites excluding steroid dienone is 4. The highest BCUT2D eigenvalue weighted by molar-refractivity contribution is 6.03. The Kier molecular flexibility index (Phi) is 6.55. The number of nitrogens with one attached hydrogen (secondary N) is 1. The van der Waals surface area contributed by atoms with Crippen LogP contribution in [-0.2, 0) is 4.79 Å². The second-order valence-electron chi connectivity index (χ2n) is 9.16. The first-order valence-corrected chi connectivity index (χ1v) is 11.6. The summed E-state index contributed by atoms with van der Waals surface area (Å²) in [6.45, 7) is 4.46. The Morgan fingerprint density at radius 3 is 2.50 bits per heavy atom. The summed E-state index contributed by atoms with van der Waals surface area (Å²) in [6, 6.07) is 0. The molecule has 2 aliphatic heterocycles. The van der Waals surface area contributed by atoms with Gasteiger partial charge in [-0.05, 0) is 62.5 Å². The van der Waals surface area contributed by atoms with E-state index in [9.17, 15) is 9.18 Å². The van der Waals surface area contributed by atoms with Crippen molar-refractivity contribution in [2.45, 2.75) is 64.7 Å². The number of piperidine rings is 1. The number of amides is 1. The van der Waals surface area contributed by atoms with Gasteiger partial charge in [-0.15, -0.1) is 0 Å². The van der Waals surface area contributed by atoms with Crippen molar-refractivity contribution in [1.82, 2.24) is 9.80 Å². The Hall–Kier alpha value is -2.17. The Morgan fingerprint density at radius 1 is 1.13 bits per heavy atom. The Bertz CT molecular complexity index is 808. The third-order valence-corrected chi connectivity index (χ3v) is 7.21. The number of halogens is 1. The predicted octanol–water partition coefficient (Wildman–Crippen LogP) is 5.50. The minimum Gasteiger partial charge on any atom is -0.339 e. The first kappa shape index (κ1) is 21.1. The minimum absolute atomic E-state index is 0.0653. The molecule has 2 aliphatic carbocycles. The number of carbonyl (C=O) groups is 1. The largest absolute Gasteiger partial charge is 0.339 e. The number of nitrogens with zero attached hydrogens (tertiary/aromatic N) is 2. The lowest BCUT2D eigenvalue weighted by Gasteiger charge is -2.33. The van der Waals surface area contributed by atoms with Gasteiger partial charge in [0.15, 0.2) is 0 Å². The van der Waals surface area contributed by atoms with E-state index in [1.54, 1.807) is 6.08 Å². The van der Waals surface area contributed by atoms with Gasteiger partial charge < -0.3 is 9.80 Å². The second-order valence-corrected chi connectivity index (χ2v) is 9.16. The molecule has 2 heterocycles. The van der Waals surface area contributed by atoms with Crippen molar-refractivity contribution in [3.8, 4) is 0 Å². The van der Waals surface area contributed by atoms with Gasteiger partial charge in [0, 0.05) is 43.4 Å². The lowest BCUT2D eigenvalue weighted by molar-refractivity contribution is -0.128. The Balaban J connectivity index is 1.38. The molecule has 0 aromatic rings. The third kappa shape index (κ3) is 4.45. The molecule has 1 amide bonds. The van der Waals surface area contributed by atoms with Crippen LogP contribution in [-0.4, -0.2) is 41.2 Å². The van der Waals surface area contributed by atoms with Crippen LogP contribution in [0.4, 0.5) is 4.39 Å². The summed E-state index contributed by atoms with van der Waals surface area (Å²) in [4.78, 5) is 16.9. The maximum atomic E-state index is 13.2. The fourth-order valence-corrected chi connectivity index (χ4v) is 5.40. The first-order chi connectivity index (χ1) is 14.6. The zero-order valence-electron chi connectivity index (χ0n) is 18.1. The van der Waals surface area contributed by atoms with Crippen LogP contribution in [0, 0.1) is 17.2 Å². The van der Waals surface area contributed by atoms with E-state index < -0.39 is 0 Å². The Labute approximate surface area is 179 Å². The molecule has 4 nitrogen and oxygen atoms in total. The highest BCUT2D eigenvalue weighted by Gasteiger charge is 2.34. The van der Waals surface area contributed by atoms with E-state index in [0.717, 1.165) is 43.6 Å². The predicted molar refractivity (Wildman–Crippen MR) is 119 cm³/mol. The summed E-state index contributed by atoms with van der Waals surface area (Å²) >= 11 is 0. The lowest BCUT2D eigenvalue weighted by Crippen LogP contribution is -2.39. The van der Waals surface area contributed by atoms with Gasteiger partial charge in [-0.1, -0.05) is 31.4 Å². The molecule has 0 aromatic carbocycles. The van der Waals surface area contributed by atoms with Crippen molar-refractivity contribution < 1.29 is 9.18 Å². The van der Waals surface area contributed by atoms with Gasteiger partial charge in [0.25, 0.3) is 0 Å². The summed E-state index contributed by atoms with van der Waals surface area (Å²) in [7, 11) is 0. The highest BCUT2D eigenvalue weighted by atomic mass is 19.1. The van der Waals surface area contributed by atoms with Crippen molar-refractivity contribution in [2.75, 3.05) is 19.6 Å². The summed E-state index contributed by atoms with van der Waals surface area (Å²) in [6.07, 6.45) is 16.7. The molecule has 0 unspecified atom stereocenters. The minimum atomic E-state index is -0.141. The smallest absolute Gasteiger partial charge is 0.249 e. The zero-order chi connectivity index (χ0) is 21.1. The number of likely N-dealkylation sites (tertiary alicyclic amines) is 1. The lowest BCUT2D eigenvalue weighted by atomic mass is 9.85. The fraction of sp³-hybridized carbons (Fsp3) is 0.600. The van der Waals surface area contributed by atoms with Crippen LogP contribution in [0.5, 0.6) is 0 Å². The maximum absolute atomic E-state index is 13.2. The average Bonchev–Trinajstić information content (AvgIpc) is 3.09. The van der Waals surface area contributed by atoms with Crippen LogP contribution in [0.1, 0.15) is 64.7 Å². The first-order valence-electron chi connectivity index (χ1n) is 11.6. The van der Waals surface area contributed by atoms with E-state index in [2.05, 4.69) is 17.2 Å². The van der Waals surface area contributed by atoms with Crippen LogP contribution in [0.3, 0.4) is 0 Å². The second kappa shape index (κ2) is 9.32. The van der Waals surface area contributed by atoms with E-state index in [-0.39, 0.29) is 11.7 Å². The number of carbonyl (C=O) groups excluding carboxylic acids is 1. The van der Waals surface area contributed by atoms with E-state index in [4.69, 9.17) is 5.41 Å². The van der Waals surface area contributed by atoms with Crippen LogP contribution in [0.15, 0.2) is 47.0 Å². The molecule has 4 rings (SSSR count). The molecule has 1 saturated carbocycles. The van der Waals surface area contributed by atoms with Crippen molar-refractivity contribution in [2.24, 2.45) is 11.8 Å². The van der Waals surface area contributed by atoms with Gasteiger partial charge in [0.05, 0.1) is 0 Å². The molecule has 4 aliphatic rings. The monoisotopic (exact) mass is 411 g/mol. The van der Waals surface area contributed by atoms with Crippen molar-refractivity contribution >= 4 is 11.7 Å². The molecule has 0 spiro atoms. The van der Waals surface area contributed by atoms with Crippen LogP contribution < -0.4 is 0 Å². The highest BCUT2D eigenvalue weighted by Crippen LogP contribution is 2.37. The van der Waals surface area contributed by atoms with E-state index in [1.165, 1.54) is 43.8 Å². The standard InChI is InChI=1S/C25H34FN3O/c1-2-22-23(17-29(24(22)27)16-18-6-4-3-5-7-18)19-12-14-28(15-13-19)25(30)20-8-10-21(26)11-9-20/h2,8,10,17-19,27H,3-7,9,11-16H2,1H3/b22-2-,27-24?. The molecule has 1 saturated heterocycles. The molecule has 0 bridgehead atoms. The number of hydrogen-bond donors (Lipinski definition) is 1. The van der Waals surface area contributed by atoms with Crippen LogP contribution >= 0.6 is 0 Å². The average molecular weight is 412 g/mol. The van der Waals surface area contributed by atoms with E-state index >= 15 is 0 Å². The van der Waals surface area contributed by atoms with Gasteiger partial charge in [-0.3, -0.25) is 10.2 Å². The summed E-state index contributed by atoms with van der Waals surface area (Å²) < 4.78 is 13.2.